The van der Waals surface area contributed by atoms with Crippen LogP contribution in [-0.2, 0) is 9.53 Å². The van der Waals surface area contributed by atoms with Crippen molar-refractivity contribution in [3.05, 3.63) is 0 Å². The van der Waals surface area contributed by atoms with Crippen LogP contribution >= 0.6 is 11.8 Å². The first-order chi connectivity index (χ1) is 6.68. The second-order valence-electron chi connectivity index (χ2n) is 3.64. The quantitative estimate of drug-likeness (QED) is 0.723. The summed E-state index contributed by atoms with van der Waals surface area (Å²) in [6.07, 6.45) is 2.90. The van der Waals surface area contributed by atoms with Crippen LogP contribution < -0.4 is 5.32 Å². The van der Waals surface area contributed by atoms with E-state index in [0.29, 0.717) is 5.25 Å². The lowest BCUT2D eigenvalue weighted by Crippen LogP contribution is -2.49. The van der Waals surface area contributed by atoms with E-state index in [1.165, 1.54) is 7.11 Å². The van der Waals surface area contributed by atoms with Gasteiger partial charge in [0.15, 0.2) is 0 Å². The summed E-state index contributed by atoms with van der Waals surface area (Å²) >= 11 is 1.94. The van der Waals surface area contributed by atoms with Gasteiger partial charge in [0.05, 0.1) is 7.11 Å². The number of methoxy groups -OCH3 is 1. The van der Waals surface area contributed by atoms with Gasteiger partial charge in [0.2, 0.25) is 0 Å². The predicted octanol–water partition coefficient (Wildman–Crippen LogP) is 1.42. The molecule has 0 aromatic rings. The second kappa shape index (κ2) is 5.03. The van der Waals surface area contributed by atoms with Gasteiger partial charge in [0.1, 0.15) is 5.54 Å². The van der Waals surface area contributed by atoms with Crippen molar-refractivity contribution in [2.24, 2.45) is 0 Å². The van der Waals surface area contributed by atoms with Crippen molar-refractivity contribution in [2.45, 2.75) is 37.0 Å². The molecule has 1 N–H and O–H groups in total. The van der Waals surface area contributed by atoms with Crippen molar-refractivity contribution in [1.82, 2.24) is 5.32 Å². The SMILES string of the molecule is CCSC1CCC(NC)(C(=O)OC)C1. The molecule has 0 aromatic carbocycles. The zero-order valence-electron chi connectivity index (χ0n) is 9.13. The minimum Gasteiger partial charge on any atom is -0.468 e. The van der Waals surface area contributed by atoms with Gasteiger partial charge >= 0.3 is 5.97 Å². The van der Waals surface area contributed by atoms with Crippen LogP contribution in [0.3, 0.4) is 0 Å². The van der Waals surface area contributed by atoms with Crippen molar-refractivity contribution in [2.75, 3.05) is 19.9 Å². The summed E-state index contributed by atoms with van der Waals surface area (Å²) in [5.41, 5.74) is -0.415. The van der Waals surface area contributed by atoms with Gasteiger partial charge in [-0.3, -0.25) is 4.79 Å². The monoisotopic (exact) mass is 217 g/mol. The first-order valence-electron chi connectivity index (χ1n) is 5.07. The van der Waals surface area contributed by atoms with Crippen LogP contribution in [0, 0.1) is 0 Å². The molecule has 1 aliphatic carbocycles. The van der Waals surface area contributed by atoms with E-state index >= 15 is 0 Å². The number of carbonyl (C=O) groups excluding carboxylic acids is 1. The molecule has 0 heterocycles. The van der Waals surface area contributed by atoms with Crippen molar-refractivity contribution >= 4 is 17.7 Å². The highest BCUT2D eigenvalue weighted by molar-refractivity contribution is 7.99. The normalized spacial score (nSPS) is 31.8. The van der Waals surface area contributed by atoms with Gasteiger partial charge in [0, 0.05) is 5.25 Å². The van der Waals surface area contributed by atoms with Gasteiger partial charge in [-0.15, -0.1) is 0 Å². The van der Waals surface area contributed by atoms with Crippen LogP contribution in [0.2, 0.25) is 0 Å². The average molecular weight is 217 g/mol. The number of carbonyl (C=O) groups is 1. The van der Waals surface area contributed by atoms with E-state index in [2.05, 4.69) is 12.2 Å². The number of esters is 1. The van der Waals surface area contributed by atoms with Gasteiger partial charge in [-0.2, -0.15) is 11.8 Å². The minimum absolute atomic E-state index is 0.112. The van der Waals surface area contributed by atoms with Crippen LogP contribution in [0.4, 0.5) is 0 Å². The Kier molecular flexibility index (Phi) is 4.26. The topological polar surface area (TPSA) is 38.3 Å². The lowest BCUT2D eigenvalue weighted by atomic mass is 9.98. The predicted molar refractivity (Wildman–Crippen MR) is 59.6 cm³/mol. The average Bonchev–Trinajstić information content (AvgIpc) is 2.62. The summed E-state index contributed by atoms with van der Waals surface area (Å²) in [5, 5.41) is 3.73. The van der Waals surface area contributed by atoms with E-state index in [-0.39, 0.29) is 5.97 Å². The van der Waals surface area contributed by atoms with Gasteiger partial charge in [-0.1, -0.05) is 6.92 Å². The summed E-state index contributed by atoms with van der Waals surface area (Å²) in [6.45, 7) is 2.15. The van der Waals surface area contributed by atoms with E-state index in [1.807, 2.05) is 18.8 Å². The maximum Gasteiger partial charge on any atom is 0.326 e. The molecule has 0 bridgehead atoms. The first kappa shape index (κ1) is 11.9. The van der Waals surface area contributed by atoms with Crippen LogP contribution in [0.1, 0.15) is 26.2 Å². The maximum atomic E-state index is 11.6. The molecule has 0 aliphatic heterocycles. The molecule has 0 saturated heterocycles. The van der Waals surface area contributed by atoms with E-state index in [0.717, 1.165) is 25.0 Å². The third kappa shape index (κ3) is 2.23. The molecule has 0 aromatic heterocycles. The molecule has 2 atom stereocenters. The Morgan fingerprint density at radius 1 is 1.71 bits per heavy atom. The molecular weight excluding hydrogens is 198 g/mol. The third-order valence-electron chi connectivity index (χ3n) is 2.93. The second-order valence-corrected chi connectivity index (χ2v) is 5.22. The Morgan fingerprint density at radius 2 is 2.43 bits per heavy atom. The highest BCUT2D eigenvalue weighted by atomic mass is 32.2. The minimum atomic E-state index is -0.415. The fourth-order valence-electron chi connectivity index (χ4n) is 2.09. The number of hydrogen-bond acceptors (Lipinski definition) is 4. The first-order valence-corrected chi connectivity index (χ1v) is 6.12. The molecule has 82 valence electrons. The zero-order chi connectivity index (χ0) is 10.6. The molecule has 1 saturated carbocycles. The van der Waals surface area contributed by atoms with E-state index in [4.69, 9.17) is 4.74 Å². The number of ether oxygens (including phenoxy) is 1. The molecule has 2 unspecified atom stereocenters. The lowest BCUT2D eigenvalue weighted by molar-refractivity contribution is -0.148. The molecule has 0 amide bonds. The van der Waals surface area contributed by atoms with Crippen LogP contribution in [0.5, 0.6) is 0 Å². The summed E-state index contributed by atoms with van der Waals surface area (Å²) in [5.74, 6) is 1.00. The lowest BCUT2D eigenvalue weighted by Gasteiger charge is -2.25. The highest BCUT2D eigenvalue weighted by Crippen LogP contribution is 2.37. The Morgan fingerprint density at radius 3 is 2.93 bits per heavy atom. The maximum absolute atomic E-state index is 11.6. The largest absolute Gasteiger partial charge is 0.468 e. The molecule has 1 aliphatic rings. The number of nitrogens with one attached hydrogen (secondary N) is 1. The summed E-state index contributed by atoms with van der Waals surface area (Å²) in [4.78, 5) is 11.6. The van der Waals surface area contributed by atoms with E-state index in [9.17, 15) is 4.79 Å². The van der Waals surface area contributed by atoms with Crippen LogP contribution in [-0.4, -0.2) is 36.7 Å². The van der Waals surface area contributed by atoms with Gasteiger partial charge in [0.25, 0.3) is 0 Å². The molecule has 3 nitrogen and oxygen atoms in total. The summed E-state index contributed by atoms with van der Waals surface area (Å²) in [7, 11) is 3.30. The van der Waals surface area contributed by atoms with E-state index in [1.54, 1.807) is 0 Å². The van der Waals surface area contributed by atoms with E-state index < -0.39 is 5.54 Å². The molecular formula is C10H19NO2S. The van der Waals surface area contributed by atoms with Crippen molar-refractivity contribution < 1.29 is 9.53 Å². The fraction of sp³-hybridized carbons (Fsp3) is 0.900. The van der Waals surface area contributed by atoms with Crippen LogP contribution in [0.25, 0.3) is 0 Å². The Labute approximate surface area is 90.0 Å². The number of hydrogen-bond donors (Lipinski definition) is 1. The Hall–Kier alpha value is -0.220. The molecule has 1 fully saturated rings. The molecule has 0 spiro atoms. The number of likely N-dealkylation sites (N-methyl/N-ethyl adjacent to an activating group) is 1. The fourth-order valence-corrected chi connectivity index (χ4v) is 3.25. The van der Waals surface area contributed by atoms with Gasteiger partial charge in [-0.05, 0) is 32.1 Å². The summed E-state index contributed by atoms with van der Waals surface area (Å²) in [6, 6.07) is 0. The molecule has 0 radical (unpaired) electrons. The van der Waals surface area contributed by atoms with Gasteiger partial charge < -0.3 is 10.1 Å². The molecule has 4 heteroatoms. The smallest absolute Gasteiger partial charge is 0.326 e. The number of thioether (sulfide) groups is 1. The Bertz CT molecular complexity index is 210. The van der Waals surface area contributed by atoms with Crippen LogP contribution in [0.15, 0.2) is 0 Å². The Balaban J connectivity index is 2.61. The number of rotatable bonds is 4. The third-order valence-corrected chi connectivity index (χ3v) is 4.13. The zero-order valence-corrected chi connectivity index (χ0v) is 9.95. The molecule has 14 heavy (non-hydrogen) atoms. The highest BCUT2D eigenvalue weighted by Gasteiger charge is 2.44. The van der Waals surface area contributed by atoms with Gasteiger partial charge in [-0.25, -0.2) is 0 Å². The van der Waals surface area contributed by atoms with Crippen molar-refractivity contribution in [1.29, 1.82) is 0 Å². The standard InChI is InChI=1S/C10H19NO2S/c1-4-14-8-5-6-10(7-8,11-2)9(12)13-3/h8,11H,4-7H2,1-3H3. The summed E-state index contributed by atoms with van der Waals surface area (Å²) < 4.78 is 4.84. The molecule has 1 rings (SSSR count). The van der Waals surface area contributed by atoms with Crippen molar-refractivity contribution in [3.8, 4) is 0 Å². The van der Waals surface area contributed by atoms with Crippen molar-refractivity contribution in [3.63, 3.8) is 0 Å².